The molecule has 2 aliphatic rings. The Morgan fingerprint density at radius 1 is 1.06 bits per heavy atom. The Labute approximate surface area is 178 Å². The maximum atomic E-state index is 13.1. The molecule has 9 heteroatoms. The second-order valence-electron chi connectivity index (χ2n) is 6.75. The molecule has 31 heavy (non-hydrogen) atoms. The van der Waals surface area contributed by atoms with Gasteiger partial charge in [0.1, 0.15) is 5.57 Å². The molecule has 1 N–H and O–H groups in total. The quantitative estimate of drug-likeness (QED) is 0.562. The molecule has 160 valence electrons. The first-order chi connectivity index (χ1) is 15.0. The number of benzene rings is 2. The van der Waals surface area contributed by atoms with Crippen LogP contribution in [0.5, 0.6) is 23.0 Å². The molecule has 2 aromatic carbocycles. The smallest absolute Gasteiger partial charge is 0.335 e. The predicted octanol–water partition coefficient (Wildman–Crippen LogP) is 2.88. The monoisotopic (exact) mass is 424 g/mol. The van der Waals surface area contributed by atoms with E-state index < -0.39 is 17.8 Å². The molecule has 0 radical (unpaired) electrons. The first-order valence-electron chi connectivity index (χ1n) is 9.63. The number of fused-ring (bicyclic) bond motifs is 1. The summed E-state index contributed by atoms with van der Waals surface area (Å²) in [7, 11) is 1.46. The van der Waals surface area contributed by atoms with Crippen molar-refractivity contribution in [3.8, 4) is 23.0 Å². The van der Waals surface area contributed by atoms with Crippen molar-refractivity contribution in [3.63, 3.8) is 0 Å². The number of ether oxygens (including phenoxy) is 4. The molecular weight excluding hydrogens is 404 g/mol. The molecule has 0 bridgehead atoms. The molecule has 0 aliphatic carbocycles. The van der Waals surface area contributed by atoms with Gasteiger partial charge in [0.05, 0.1) is 19.4 Å². The number of anilines is 1. The van der Waals surface area contributed by atoms with Crippen LogP contribution in [0.3, 0.4) is 0 Å². The highest BCUT2D eigenvalue weighted by atomic mass is 16.7. The summed E-state index contributed by atoms with van der Waals surface area (Å²) in [5, 5.41) is 2.20. The fourth-order valence-electron chi connectivity index (χ4n) is 3.19. The van der Waals surface area contributed by atoms with E-state index in [0.29, 0.717) is 35.2 Å². The van der Waals surface area contributed by atoms with Crippen LogP contribution in [-0.2, 0) is 9.59 Å². The van der Waals surface area contributed by atoms with Gasteiger partial charge in [-0.1, -0.05) is 13.0 Å². The Morgan fingerprint density at radius 2 is 1.87 bits per heavy atom. The van der Waals surface area contributed by atoms with Gasteiger partial charge in [0.25, 0.3) is 11.8 Å². The van der Waals surface area contributed by atoms with Gasteiger partial charge in [0.2, 0.25) is 6.79 Å². The summed E-state index contributed by atoms with van der Waals surface area (Å²) < 4.78 is 21.5. The third-order valence-corrected chi connectivity index (χ3v) is 4.68. The van der Waals surface area contributed by atoms with E-state index in [1.807, 2.05) is 6.92 Å². The van der Waals surface area contributed by atoms with Gasteiger partial charge in [-0.25, -0.2) is 9.69 Å². The Kier molecular flexibility index (Phi) is 5.48. The van der Waals surface area contributed by atoms with Gasteiger partial charge in [0, 0.05) is 6.07 Å². The van der Waals surface area contributed by atoms with Crippen molar-refractivity contribution in [1.82, 2.24) is 5.32 Å². The van der Waals surface area contributed by atoms with Crippen LogP contribution in [0.25, 0.3) is 6.08 Å². The van der Waals surface area contributed by atoms with E-state index in [1.165, 1.54) is 19.3 Å². The molecule has 2 heterocycles. The summed E-state index contributed by atoms with van der Waals surface area (Å²) >= 11 is 0. The third kappa shape index (κ3) is 3.89. The van der Waals surface area contributed by atoms with E-state index in [9.17, 15) is 14.4 Å². The fourth-order valence-corrected chi connectivity index (χ4v) is 3.19. The van der Waals surface area contributed by atoms with Crippen molar-refractivity contribution in [3.05, 3.63) is 47.5 Å². The van der Waals surface area contributed by atoms with E-state index in [0.717, 1.165) is 11.3 Å². The summed E-state index contributed by atoms with van der Waals surface area (Å²) in [6, 6.07) is 8.85. The zero-order valence-corrected chi connectivity index (χ0v) is 17.0. The SMILES string of the molecule is CCCOc1ccc(N2C(=O)NC(=O)/C(=C\c3ccc4c(c3)OCO4)C2=O)cc1OC. The maximum Gasteiger partial charge on any atom is 0.335 e. The van der Waals surface area contributed by atoms with Crippen molar-refractivity contribution in [2.45, 2.75) is 13.3 Å². The third-order valence-electron chi connectivity index (χ3n) is 4.68. The Bertz CT molecular complexity index is 1090. The number of hydrogen-bond acceptors (Lipinski definition) is 7. The standard InChI is InChI=1S/C22H20N2O7/c1-3-8-29-16-7-5-14(11-18(16)28-2)24-21(26)15(20(25)23-22(24)27)9-13-4-6-17-19(10-13)31-12-30-17/h4-7,9-11H,3,8,12H2,1-2H3,(H,23,25,27)/b15-9+. The fraction of sp³-hybridized carbons (Fsp3) is 0.227. The highest BCUT2D eigenvalue weighted by Gasteiger charge is 2.37. The lowest BCUT2D eigenvalue weighted by Crippen LogP contribution is -2.54. The highest BCUT2D eigenvalue weighted by molar-refractivity contribution is 6.39. The van der Waals surface area contributed by atoms with E-state index in [4.69, 9.17) is 18.9 Å². The zero-order valence-electron chi connectivity index (χ0n) is 17.0. The van der Waals surface area contributed by atoms with Gasteiger partial charge in [0.15, 0.2) is 23.0 Å². The van der Waals surface area contributed by atoms with Crippen molar-refractivity contribution >= 4 is 29.6 Å². The Morgan fingerprint density at radius 3 is 2.65 bits per heavy atom. The number of urea groups is 1. The summed E-state index contributed by atoms with van der Waals surface area (Å²) in [5.74, 6) is 0.415. The van der Waals surface area contributed by atoms with Gasteiger partial charge < -0.3 is 18.9 Å². The van der Waals surface area contributed by atoms with Crippen LogP contribution in [-0.4, -0.2) is 38.4 Å². The summed E-state index contributed by atoms with van der Waals surface area (Å²) in [6.45, 7) is 2.58. The molecule has 0 saturated carbocycles. The van der Waals surface area contributed by atoms with Crippen molar-refractivity contribution in [1.29, 1.82) is 0 Å². The first kappa shape index (κ1) is 20.3. The molecule has 1 saturated heterocycles. The molecule has 4 rings (SSSR count). The lowest BCUT2D eigenvalue weighted by molar-refractivity contribution is -0.122. The number of nitrogens with one attached hydrogen (secondary N) is 1. The summed E-state index contributed by atoms with van der Waals surface area (Å²) in [4.78, 5) is 38.8. The topological polar surface area (TPSA) is 103 Å². The van der Waals surface area contributed by atoms with Crippen LogP contribution in [0.2, 0.25) is 0 Å². The van der Waals surface area contributed by atoms with Crippen LogP contribution < -0.4 is 29.2 Å². The molecular formula is C22H20N2O7. The minimum atomic E-state index is -0.845. The lowest BCUT2D eigenvalue weighted by atomic mass is 10.1. The Hall–Kier alpha value is -4.01. The van der Waals surface area contributed by atoms with Crippen LogP contribution in [0.4, 0.5) is 10.5 Å². The van der Waals surface area contributed by atoms with Crippen molar-refractivity contribution in [2.24, 2.45) is 0 Å². The minimum Gasteiger partial charge on any atom is -0.493 e. The van der Waals surface area contributed by atoms with Crippen molar-refractivity contribution < 1.29 is 33.3 Å². The van der Waals surface area contributed by atoms with Crippen LogP contribution in [0.1, 0.15) is 18.9 Å². The van der Waals surface area contributed by atoms with Crippen molar-refractivity contribution in [2.75, 3.05) is 25.4 Å². The number of methoxy groups -OCH3 is 1. The Balaban J connectivity index is 1.67. The van der Waals surface area contributed by atoms with E-state index in [1.54, 1.807) is 30.3 Å². The van der Waals surface area contributed by atoms with Gasteiger partial charge in [-0.2, -0.15) is 0 Å². The summed E-state index contributed by atoms with van der Waals surface area (Å²) in [5.41, 5.74) is 0.606. The molecule has 0 atom stereocenters. The van der Waals surface area contributed by atoms with E-state index >= 15 is 0 Å². The van der Waals surface area contributed by atoms with E-state index in [-0.39, 0.29) is 18.1 Å². The normalized spacial score (nSPS) is 16.5. The number of amides is 4. The number of carbonyl (C=O) groups excluding carboxylic acids is 3. The molecule has 4 amide bonds. The van der Waals surface area contributed by atoms with E-state index in [2.05, 4.69) is 5.32 Å². The van der Waals surface area contributed by atoms with Crippen LogP contribution >= 0.6 is 0 Å². The van der Waals surface area contributed by atoms with Crippen LogP contribution in [0.15, 0.2) is 42.0 Å². The number of barbiturate groups is 1. The van der Waals surface area contributed by atoms with Gasteiger partial charge >= 0.3 is 6.03 Å². The average molecular weight is 424 g/mol. The highest BCUT2D eigenvalue weighted by Crippen LogP contribution is 2.35. The molecule has 2 aliphatic heterocycles. The number of carbonyl (C=O) groups is 3. The summed E-state index contributed by atoms with van der Waals surface area (Å²) in [6.07, 6.45) is 2.21. The number of hydrogen-bond donors (Lipinski definition) is 1. The molecule has 0 aromatic heterocycles. The second-order valence-corrected chi connectivity index (χ2v) is 6.75. The molecule has 0 unspecified atom stereocenters. The maximum absolute atomic E-state index is 13.1. The zero-order chi connectivity index (χ0) is 22.0. The molecule has 9 nitrogen and oxygen atoms in total. The number of imide groups is 2. The average Bonchev–Trinajstić information content (AvgIpc) is 3.23. The lowest BCUT2D eigenvalue weighted by Gasteiger charge is -2.27. The second kappa shape index (κ2) is 8.39. The predicted molar refractivity (Wildman–Crippen MR) is 110 cm³/mol. The van der Waals surface area contributed by atoms with Crippen LogP contribution in [0, 0.1) is 0 Å². The van der Waals surface area contributed by atoms with Gasteiger partial charge in [-0.15, -0.1) is 0 Å². The molecule has 1 fully saturated rings. The largest absolute Gasteiger partial charge is 0.493 e. The minimum absolute atomic E-state index is 0.108. The molecule has 0 spiro atoms. The first-order valence-corrected chi connectivity index (χ1v) is 9.63. The van der Waals surface area contributed by atoms with Gasteiger partial charge in [-0.05, 0) is 42.3 Å². The number of nitrogens with zero attached hydrogens (tertiary/aromatic N) is 1. The molecule has 2 aromatic rings. The number of rotatable bonds is 6. The van der Waals surface area contributed by atoms with Gasteiger partial charge in [-0.3, -0.25) is 14.9 Å².